The van der Waals surface area contributed by atoms with Gasteiger partial charge in [-0.25, -0.2) is 0 Å². The van der Waals surface area contributed by atoms with Crippen LogP contribution < -0.4 is 5.32 Å². The summed E-state index contributed by atoms with van der Waals surface area (Å²) in [5.74, 6) is 0. The topological polar surface area (TPSA) is 12.0 Å². The molecule has 0 fully saturated rings. The first-order chi connectivity index (χ1) is 7.29. The van der Waals surface area contributed by atoms with Gasteiger partial charge in [-0.15, -0.1) is 11.3 Å². The Morgan fingerprint density at radius 2 is 2.27 bits per heavy atom. The van der Waals surface area contributed by atoms with Crippen molar-refractivity contribution in [3.63, 3.8) is 0 Å². The standard InChI is InChI=1S/C13H15NS/c1-3-10(2)9-14-12-4-5-13-11(8-12)6-7-15-13/h4-8,14H,2-3,9H2,1H3. The van der Waals surface area contributed by atoms with Gasteiger partial charge >= 0.3 is 0 Å². The maximum atomic E-state index is 3.98. The summed E-state index contributed by atoms with van der Waals surface area (Å²) in [7, 11) is 0. The quantitative estimate of drug-likeness (QED) is 0.754. The van der Waals surface area contributed by atoms with Crippen LogP contribution in [0.5, 0.6) is 0 Å². The summed E-state index contributed by atoms with van der Waals surface area (Å²) in [6.07, 6.45) is 1.04. The average Bonchev–Trinajstić information content (AvgIpc) is 2.72. The van der Waals surface area contributed by atoms with Gasteiger partial charge < -0.3 is 5.32 Å². The van der Waals surface area contributed by atoms with E-state index in [0.29, 0.717) is 0 Å². The molecule has 0 radical (unpaired) electrons. The molecule has 2 rings (SSSR count). The van der Waals surface area contributed by atoms with E-state index in [4.69, 9.17) is 0 Å². The second-order valence-electron chi connectivity index (χ2n) is 3.63. The third-order valence-corrected chi connectivity index (χ3v) is 3.39. The lowest BCUT2D eigenvalue weighted by molar-refractivity contribution is 1.05. The largest absolute Gasteiger partial charge is 0.381 e. The fraction of sp³-hybridized carbons (Fsp3) is 0.231. The van der Waals surface area contributed by atoms with E-state index in [1.165, 1.54) is 21.3 Å². The Morgan fingerprint density at radius 1 is 1.40 bits per heavy atom. The highest BCUT2D eigenvalue weighted by atomic mass is 32.1. The lowest BCUT2D eigenvalue weighted by Crippen LogP contribution is -2.02. The summed E-state index contributed by atoms with van der Waals surface area (Å²) < 4.78 is 1.34. The molecule has 0 aliphatic carbocycles. The number of thiophene rings is 1. The van der Waals surface area contributed by atoms with Crippen molar-refractivity contribution in [2.75, 3.05) is 11.9 Å². The number of fused-ring (bicyclic) bond motifs is 1. The third kappa shape index (κ3) is 2.39. The SMILES string of the molecule is C=C(CC)CNc1ccc2sccc2c1. The predicted octanol–water partition coefficient (Wildman–Crippen LogP) is 4.28. The smallest absolute Gasteiger partial charge is 0.0357 e. The predicted molar refractivity (Wildman–Crippen MR) is 69.7 cm³/mol. The van der Waals surface area contributed by atoms with E-state index in [2.05, 4.69) is 48.5 Å². The van der Waals surface area contributed by atoms with E-state index >= 15 is 0 Å². The minimum atomic E-state index is 0.867. The normalized spacial score (nSPS) is 10.5. The second kappa shape index (κ2) is 4.49. The zero-order chi connectivity index (χ0) is 10.7. The van der Waals surface area contributed by atoms with Gasteiger partial charge in [-0.1, -0.05) is 19.1 Å². The van der Waals surface area contributed by atoms with Crippen molar-refractivity contribution in [1.29, 1.82) is 0 Å². The van der Waals surface area contributed by atoms with Crippen LogP contribution in [-0.2, 0) is 0 Å². The lowest BCUT2D eigenvalue weighted by Gasteiger charge is -2.07. The average molecular weight is 217 g/mol. The number of nitrogens with one attached hydrogen (secondary N) is 1. The Morgan fingerprint density at radius 3 is 3.07 bits per heavy atom. The number of hydrogen-bond acceptors (Lipinski definition) is 2. The van der Waals surface area contributed by atoms with Crippen LogP contribution in [-0.4, -0.2) is 6.54 Å². The van der Waals surface area contributed by atoms with E-state index in [-0.39, 0.29) is 0 Å². The van der Waals surface area contributed by atoms with Crippen LogP contribution in [0.15, 0.2) is 41.8 Å². The highest BCUT2D eigenvalue weighted by Gasteiger charge is 1.97. The molecule has 78 valence electrons. The third-order valence-electron chi connectivity index (χ3n) is 2.49. The second-order valence-corrected chi connectivity index (χ2v) is 4.58. The molecular weight excluding hydrogens is 202 g/mol. The Labute approximate surface area is 94.4 Å². The molecule has 1 N–H and O–H groups in total. The summed E-state index contributed by atoms with van der Waals surface area (Å²) >= 11 is 1.78. The molecule has 15 heavy (non-hydrogen) atoms. The van der Waals surface area contributed by atoms with Gasteiger partial charge in [-0.2, -0.15) is 0 Å². The highest BCUT2D eigenvalue weighted by molar-refractivity contribution is 7.17. The van der Waals surface area contributed by atoms with Crippen molar-refractivity contribution in [1.82, 2.24) is 0 Å². The summed E-state index contributed by atoms with van der Waals surface area (Å²) in [5.41, 5.74) is 2.41. The maximum absolute atomic E-state index is 3.98. The van der Waals surface area contributed by atoms with Crippen molar-refractivity contribution in [3.05, 3.63) is 41.8 Å². The Kier molecular flexibility index (Phi) is 3.07. The molecule has 0 bridgehead atoms. The summed E-state index contributed by atoms with van der Waals surface area (Å²) in [5, 5.41) is 6.82. The zero-order valence-corrected chi connectivity index (χ0v) is 9.73. The van der Waals surface area contributed by atoms with Crippen molar-refractivity contribution >= 4 is 27.1 Å². The summed E-state index contributed by atoms with van der Waals surface area (Å²) in [4.78, 5) is 0. The van der Waals surface area contributed by atoms with Gasteiger partial charge in [0.25, 0.3) is 0 Å². The first-order valence-electron chi connectivity index (χ1n) is 5.17. The molecule has 0 amide bonds. The molecule has 1 aromatic heterocycles. The van der Waals surface area contributed by atoms with E-state index in [0.717, 1.165) is 13.0 Å². The van der Waals surface area contributed by atoms with Crippen LogP contribution in [0.1, 0.15) is 13.3 Å². The minimum Gasteiger partial charge on any atom is -0.381 e. The summed E-state index contributed by atoms with van der Waals surface area (Å²) in [6, 6.07) is 8.63. The molecule has 1 heterocycles. The van der Waals surface area contributed by atoms with Crippen LogP contribution in [0.2, 0.25) is 0 Å². The first-order valence-corrected chi connectivity index (χ1v) is 6.05. The van der Waals surface area contributed by atoms with Gasteiger partial charge in [0, 0.05) is 16.9 Å². The Hall–Kier alpha value is -1.28. The van der Waals surface area contributed by atoms with Crippen LogP contribution in [0.3, 0.4) is 0 Å². The van der Waals surface area contributed by atoms with Crippen molar-refractivity contribution in [2.45, 2.75) is 13.3 Å². The van der Waals surface area contributed by atoms with Gasteiger partial charge in [0.05, 0.1) is 0 Å². The van der Waals surface area contributed by atoms with Crippen molar-refractivity contribution < 1.29 is 0 Å². The fourth-order valence-electron chi connectivity index (χ4n) is 1.43. The Bertz CT molecular complexity index is 470. The monoisotopic (exact) mass is 217 g/mol. The van der Waals surface area contributed by atoms with Gasteiger partial charge in [-0.05, 0) is 41.5 Å². The number of anilines is 1. The molecule has 0 atom stereocenters. The molecule has 0 saturated carbocycles. The van der Waals surface area contributed by atoms with Crippen LogP contribution in [0, 0.1) is 0 Å². The molecular formula is C13H15NS. The highest BCUT2D eigenvalue weighted by Crippen LogP contribution is 2.23. The molecule has 0 aliphatic rings. The fourth-order valence-corrected chi connectivity index (χ4v) is 2.20. The van der Waals surface area contributed by atoms with Crippen LogP contribution in [0.25, 0.3) is 10.1 Å². The Balaban J connectivity index is 2.11. The van der Waals surface area contributed by atoms with Crippen LogP contribution in [0.4, 0.5) is 5.69 Å². The van der Waals surface area contributed by atoms with Crippen molar-refractivity contribution in [2.24, 2.45) is 0 Å². The lowest BCUT2D eigenvalue weighted by atomic mass is 10.2. The van der Waals surface area contributed by atoms with E-state index in [1.807, 2.05) is 0 Å². The minimum absolute atomic E-state index is 0.867. The molecule has 2 heteroatoms. The van der Waals surface area contributed by atoms with Crippen molar-refractivity contribution in [3.8, 4) is 0 Å². The van der Waals surface area contributed by atoms with E-state index in [9.17, 15) is 0 Å². The molecule has 0 saturated heterocycles. The van der Waals surface area contributed by atoms with Gasteiger partial charge in [-0.3, -0.25) is 0 Å². The first kappa shape index (κ1) is 10.2. The van der Waals surface area contributed by atoms with E-state index < -0.39 is 0 Å². The summed E-state index contributed by atoms with van der Waals surface area (Å²) in [6.45, 7) is 6.98. The molecule has 1 aromatic carbocycles. The number of hydrogen-bond donors (Lipinski definition) is 1. The maximum Gasteiger partial charge on any atom is 0.0357 e. The molecule has 0 aliphatic heterocycles. The van der Waals surface area contributed by atoms with Gasteiger partial charge in [0.2, 0.25) is 0 Å². The molecule has 2 aromatic rings. The number of rotatable bonds is 4. The van der Waals surface area contributed by atoms with Gasteiger partial charge in [0.15, 0.2) is 0 Å². The zero-order valence-electron chi connectivity index (χ0n) is 8.92. The molecule has 0 unspecified atom stereocenters. The molecule has 1 nitrogen and oxygen atoms in total. The van der Waals surface area contributed by atoms with Gasteiger partial charge in [0.1, 0.15) is 0 Å². The number of benzene rings is 1. The van der Waals surface area contributed by atoms with E-state index in [1.54, 1.807) is 11.3 Å². The van der Waals surface area contributed by atoms with Crippen LogP contribution >= 0.6 is 11.3 Å². The molecule has 0 spiro atoms.